The van der Waals surface area contributed by atoms with E-state index in [4.69, 9.17) is 9.47 Å². The van der Waals surface area contributed by atoms with Gasteiger partial charge in [-0.25, -0.2) is 9.78 Å². The highest BCUT2D eigenvalue weighted by Crippen LogP contribution is 2.30. The summed E-state index contributed by atoms with van der Waals surface area (Å²) < 4.78 is 53.1. The predicted molar refractivity (Wildman–Crippen MR) is 79.0 cm³/mol. The zero-order valence-corrected chi connectivity index (χ0v) is 13.3. The van der Waals surface area contributed by atoms with Gasteiger partial charge in [0.2, 0.25) is 17.7 Å². The summed E-state index contributed by atoms with van der Waals surface area (Å²) in [5, 5.41) is 2.46. The quantitative estimate of drug-likeness (QED) is 0.815. The fourth-order valence-electron chi connectivity index (χ4n) is 1.76. The van der Waals surface area contributed by atoms with Gasteiger partial charge < -0.3 is 19.5 Å². The molecular weight excluding hydrogens is 345 g/mol. The number of halogens is 3. The van der Waals surface area contributed by atoms with Crippen molar-refractivity contribution < 1.29 is 32.2 Å². The van der Waals surface area contributed by atoms with Crippen molar-refractivity contribution in [2.45, 2.75) is 6.18 Å². The first-order valence-corrected chi connectivity index (χ1v) is 6.69. The molecule has 2 heterocycles. The number of nitrogens with zero attached hydrogens (tertiary/aromatic N) is 3. The molecule has 0 aromatic carbocycles. The van der Waals surface area contributed by atoms with Crippen LogP contribution in [0.4, 0.5) is 24.9 Å². The summed E-state index contributed by atoms with van der Waals surface area (Å²) in [4.78, 5) is 23.0. The molecule has 0 saturated heterocycles. The lowest BCUT2D eigenvalue weighted by molar-refractivity contribution is -0.141. The van der Waals surface area contributed by atoms with E-state index in [2.05, 4.69) is 25.0 Å². The van der Waals surface area contributed by atoms with Gasteiger partial charge in [-0.1, -0.05) is 0 Å². The number of nitrogens with one attached hydrogen (secondary N) is 1. The molecule has 0 amide bonds. The van der Waals surface area contributed by atoms with Crippen molar-refractivity contribution in [2.75, 3.05) is 26.6 Å². The summed E-state index contributed by atoms with van der Waals surface area (Å²) in [5.41, 5.74) is -1.42. The molecule has 0 aliphatic carbocycles. The maximum atomic E-state index is 12.9. The van der Waals surface area contributed by atoms with Gasteiger partial charge in [-0.3, -0.25) is 0 Å². The van der Waals surface area contributed by atoms with Crippen LogP contribution in [0.25, 0.3) is 0 Å². The van der Waals surface area contributed by atoms with Gasteiger partial charge in [0.15, 0.2) is 0 Å². The van der Waals surface area contributed by atoms with Crippen molar-refractivity contribution in [2.24, 2.45) is 0 Å². The van der Waals surface area contributed by atoms with Gasteiger partial charge in [0, 0.05) is 0 Å². The average Bonchev–Trinajstić information content (AvgIpc) is 2.59. The second-order valence-electron chi connectivity index (χ2n) is 4.48. The molecule has 134 valence electrons. The van der Waals surface area contributed by atoms with Gasteiger partial charge in [-0.15, -0.1) is 0 Å². The van der Waals surface area contributed by atoms with Crippen LogP contribution in [0.15, 0.2) is 18.2 Å². The van der Waals surface area contributed by atoms with E-state index in [0.717, 1.165) is 13.2 Å². The van der Waals surface area contributed by atoms with Crippen LogP contribution in [0.5, 0.6) is 11.8 Å². The number of hydrogen-bond acceptors (Lipinski definition) is 8. The van der Waals surface area contributed by atoms with Crippen LogP contribution in [0.2, 0.25) is 0 Å². The summed E-state index contributed by atoms with van der Waals surface area (Å²) in [7, 11) is 3.77. The summed E-state index contributed by atoms with van der Waals surface area (Å²) in [5.74, 6) is -1.27. The number of rotatable bonds is 5. The number of carbonyl (C=O) groups excluding carboxylic acids is 1. The first-order valence-electron chi connectivity index (χ1n) is 6.69. The summed E-state index contributed by atoms with van der Waals surface area (Å²) in [6.07, 6.45) is -4.70. The van der Waals surface area contributed by atoms with Crippen LogP contribution in [-0.2, 0) is 10.9 Å². The number of esters is 1. The molecule has 0 fully saturated rings. The van der Waals surface area contributed by atoms with E-state index < -0.39 is 23.7 Å². The number of pyridine rings is 1. The minimum absolute atomic E-state index is 0.0981. The predicted octanol–water partition coefficient (Wildman–Crippen LogP) is 2.44. The Morgan fingerprint density at radius 3 is 2.12 bits per heavy atom. The molecule has 0 spiro atoms. The Morgan fingerprint density at radius 2 is 1.64 bits per heavy atom. The monoisotopic (exact) mass is 358 g/mol. The molecule has 1 N–H and O–H groups in total. The lowest BCUT2D eigenvalue weighted by Crippen LogP contribution is -2.14. The van der Waals surface area contributed by atoms with Crippen LogP contribution in [0, 0.1) is 0 Å². The van der Waals surface area contributed by atoms with Crippen molar-refractivity contribution in [1.82, 2.24) is 15.0 Å². The molecule has 25 heavy (non-hydrogen) atoms. The number of ether oxygens (including phenoxy) is 3. The molecule has 2 aromatic rings. The lowest BCUT2D eigenvalue weighted by Gasteiger charge is -2.13. The largest absolute Gasteiger partial charge is 0.481 e. The highest BCUT2D eigenvalue weighted by atomic mass is 19.4. The van der Waals surface area contributed by atoms with Gasteiger partial charge >= 0.3 is 12.1 Å². The summed E-state index contributed by atoms with van der Waals surface area (Å²) in [6, 6.07) is 2.98. The van der Waals surface area contributed by atoms with E-state index in [9.17, 15) is 18.0 Å². The SMILES string of the molecule is COC(=O)c1ccc(C(F)(F)F)nc1Nc1nc(OC)cc(OC)n1. The normalized spacial score (nSPS) is 11.0. The lowest BCUT2D eigenvalue weighted by atomic mass is 10.2. The Bertz CT molecular complexity index is 761. The first kappa shape index (κ1) is 18.2. The van der Waals surface area contributed by atoms with Gasteiger partial charge in [0.05, 0.1) is 27.4 Å². The number of carbonyl (C=O) groups is 1. The average molecular weight is 358 g/mol. The molecule has 0 aliphatic heterocycles. The van der Waals surface area contributed by atoms with E-state index in [0.29, 0.717) is 6.07 Å². The van der Waals surface area contributed by atoms with Gasteiger partial charge in [-0.2, -0.15) is 23.1 Å². The third kappa shape index (κ3) is 4.25. The fraction of sp³-hybridized carbons (Fsp3) is 0.286. The van der Waals surface area contributed by atoms with Crippen molar-refractivity contribution in [3.63, 3.8) is 0 Å². The Hall–Kier alpha value is -3.11. The van der Waals surface area contributed by atoms with E-state index in [1.807, 2.05) is 0 Å². The molecule has 0 unspecified atom stereocenters. The Balaban J connectivity index is 2.51. The zero-order chi connectivity index (χ0) is 18.6. The molecular formula is C14H13F3N4O4. The Kier molecular flexibility index (Phi) is 5.25. The van der Waals surface area contributed by atoms with Crippen LogP contribution in [0.1, 0.15) is 16.1 Å². The van der Waals surface area contributed by atoms with Gasteiger partial charge in [0.25, 0.3) is 0 Å². The summed E-state index contributed by atoms with van der Waals surface area (Å²) in [6.45, 7) is 0. The van der Waals surface area contributed by atoms with Crippen LogP contribution < -0.4 is 14.8 Å². The topological polar surface area (TPSA) is 95.5 Å². The molecule has 11 heteroatoms. The van der Waals surface area contributed by atoms with Gasteiger partial charge in [-0.05, 0) is 12.1 Å². The molecule has 0 radical (unpaired) electrons. The molecule has 0 saturated carbocycles. The second kappa shape index (κ2) is 7.20. The Labute approximate surface area is 140 Å². The van der Waals surface area contributed by atoms with E-state index >= 15 is 0 Å². The molecule has 2 rings (SSSR count). The minimum Gasteiger partial charge on any atom is -0.481 e. The minimum atomic E-state index is -4.70. The maximum Gasteiger partial charge on any atom is 0.433 e. The molecule has 0 atom stereocenters. The highest BCUT2D eigenvalue weighted by molar-refractivity contribution is 5.95. The van der Waals surface area contributed by atoms with Crippen LogP contribution in [0.3, 0.4) is 0 Å². The third-order valence-corrected chi connectivity index (χ3v) is 2.92. The van der Waals surface area contributed by atoms with Crippen molar-refractivity contribution in [3.8, 4) is 11.8 Å². The third-order valence-electron chi connectivity index (χ3n) is 2.92. The van der Waals surface area contributed by atoms with Crippen LogP contribution >= 0.6 is 0 Å². The molecule has 0 aliphatic rings. The smallest absolute Gasteiger partial charge is 0.433 e. The maximum absolute atomic E-state index is 12.9. The van der Waals surface area contributed by atoms with Gasteiger partial charge in [0.1, 0.15) is 17.1 Å². The van der Waals surface area contributed by atoms with Crippen molar-refractivity contribution >= 4 is 17.7 Å². The number of alkyl halides is 3. The Morgan fingerprint density at radius 1 is 1.04 bits per heavy atom. The van der Waals surface area contributed by atoms with E-state index in [1.54, 1.807) is 0 Å². The van der Waals surface area contributed by atoms with Crippen molar-refractivity contribution in [3.05, 3.63) is 29.5 Å². The van der Waals surface area contributed by atoms with E-state index in [1.165, 1.54) is 20.3 Å². The number of methoxy groups -OCH3 is 3. The molecule has 0 bridgehead atoms. The van der Waals surface area contributed by atoms with E-state index in [-0.39, 0.29) is 23.3 Å². The second-order valence-corrected chi connectivity index (χ2v) is 4.48. The first-order chi connectivity index (χ1) is 11.8. The standard InChI is InChI=1S/C14H13F3N4O4/c1-23-9-6-10(24-2)20-13(19-9)21-11-7(12(22)25-3)4-5-8(18-11)14(15,16)17/h4-6H,1-3H3,(H,18,19,20,21). The summed E-state index contributed by atoms with van der Waals surface area (Å²) >= 11 is 0. The molecule has 2 aromatic heterocycles. The molecule has 8 nitrogen and oxygen atoms in total. The zero-order valence-electron chi connectivity index (χ0n) is 13.3. The van der Waals surface area contributed by atoms with Crippen LogP contribution in [-0.4, -0.2) is 42.3 Å². The fourth-order valence-corrected chi connectivity index (χ4v) is 1.76. The van der Waals surface area contributed by atoms with Crippen molar-refractivity contribution in [1.29, 1.82) is 0 Å². The number of anilines is 2. The number of aromatic nitrogens is 3. The number of hydrogen-bond donors (Lipinski definition) is 1. The highest BCUT2D eigenvalue weighted by Gasteiger charge is 2.33.